The molecule has 0 aliphatic carbocycles. The van der Waals surface area contributed by atoms with Gasteiger partial charge >= 0.3 is 0 Å². The van der Waals surface area contributed by atoms with Gasteiger partial charge in [0.25, 0.3) is 0 Å². The Hall–Kier alpha value is -2.09. The SMILES string of the molecule is CC(C)NC(=O)[C@@H]1C[C@H](Sc2nc3ccccc3[nH]2)CN1Cc1c(F)cccc1Cl. The minimum atomic E-state index is -0.348. The number of para-hydroxylation sites is 2. The van der Waals surface area contributed by atoms with Crippen LogP contribution < -0.4 is 5.32 Å². The summed E-state index contributed by atoms with van der Waals surface area (Å²) >= 11 is 7.87. The van der Waals surface area contributed by atoms with Crippen LogP contribution in [0, 0.1) is 5.82 Å². The second kappa shape index (κ2) is 8.96. The molecule has 0 bridgehead atoms. The fraction of sp³-hybridized carbons (Fsp3) is 0.364. The van der Waals surface area contributed by atoms with Gasteiger partial charge in [-0.2, -0.15) is 0 Å². The summed E-state index contributed by atoms with van der Waals surface area (Å²) in [5.74, 6) is -0.385. The third-order valence-electron chi connectivity index (χ3n) is 5.17. The van der Waals surface area contributed by atoms with E-state index in [0.29, 0.717) is 30.1 Å². The van der Waals surface area contributed by atoms with Crippen LogP contribution in [0.5, 0.6) is 0 Å². The van der Waals surface area contributed by atoms with Crippen molar-refractivity contribution in [2.24, 2.45) is 0 Å². The topological polar surface area (TPSA) is 61.0 Å². The van der Waals surface area contributed by atoms with Crippen molar-refractivity contribution in [2.75, 3.05) is 6.54 Å². The van der Waals surface area contributed by atoms with Crippen molar-refractivity contribution in [1.29, 1.82) is 0 Å². The molecule has 0 spiro atoms. The highest BCUT2D eigenvalue weighted by molar-refractivity contribution is 7.99. The number of halogens is 2. The minimum Gasteiger partial charge on any atom is -0.353 e. The van der Waals surface area contributed by atoms with Crippen LogP contribution in [0.25, 0.3) is 11.0 Å². The third-order valence-corrected chi connectivity index (χ3v) is 6.61. The van der Waals surface area contributed by atoms with Crippen LogP contribution in [0.3, 0.4) is 0 Å². The zero-order valence-corrected chi connectivity index (χ0v) is 18.4. The van der Waals surface area contributed by atoms with Crippen molar-refractivity contribution in [3.05, 3.63) is 58.9 Å². The lowest BCUT2D eigenvalue weighted by molar-refractivity contribution is -0.126. The van der Waals surface area contributed by atoms with Crippen LogP contribution in [0.15, 0.2) is 47.6 Å². The molecule has 1 amide bonds. The third kappa shape index (κ3) is 4.63. The zero-order valence-electron chi connectivity index (χ0n) is 16.9. The molecular weight excluding hydrogens is 423 g/mol. The first-order valence-electron chi connectivity index (χ1n) is 9.99. The molecule has 1 fully saturated rings. The molecule has 0 saturated carbocycles. The summed E-state index contributed by atoms with van der Waals surface area (Å²) in [6.45, 7) is 4.80. The first-order valence-corrected chi connectivity index (χ1v) is 11.2. The van der Waals surface area contributed by atoms with Crippen LogP contribution >= 0.6 is 23.4 Å². The van der Waals surface area contributed by atoms with Crippen LogP contribution in [0.1, 0.15) is 25.8 Å². The molecule has 1 aliphatic rings. The van der Waals surface area contributed by atoms with E-state index in [4.69, 9.17) is 11.6 Å². The van der Waals surface area contributed by atoms with Gasteiger partial charge in [0.2, 0.25) is 5.91 Å². The number of rotatable bonds is 6. The highest BCUT2D eigenvalue weighted by Crippen LogP contribution is 2.34. The Morgan fingerprint density at radius 2 is 2.13 bits per heavy atom. The molecule has 3 aromatic rings. The number of fused-ring (bicyclic) bond motifs is 1. The normalized spacial score (nSPS) is 19.6. The summed E-state index contributed by atoms with van der Waals surface area (Å²) in [5, 5.41) is 4.36. The molecule has 2 atom stereocenters. The van der Waals surface area contributed by atoms with E-state index in [9.17, 15) is 9.18 Å². The predicted molar refractivity (Wildman–Crippen MR) is 119 cm³/mol. The molecule has 30 heavy (non-hydrogen) atoms. The van der Waals surface area contributed by atoms with Crippen molar-refractivity contribution >= 4 is 40.3 Å². The Morgan fingerprint density at radius 1 is 1.33 bits per heavy atom. The lowest BCUT2D eigenvalue weighted by Gasteiger charge is -2.25. The van der Waals surface area contributed by atoms with E-state index >= 15 is 0 Å². The second-order valence-corrected chi connectivity index (χ2v) is 9.54. The number of amides is 1. The number of imidazole rings is 1. The molecule has 1 aliphatic heterocycles. The molecule has 4 rings (SSSR count). The van der Waals surface area contributed by atoms with E-state index in [-0.39, 0.29) is 29.1 Å². The Morgan fingerprint density at radius 3 is 2.87 bits per heavy atom. The lowest BCUT2D eigenvalue weighted by atomic mass is 10.1. The molecular formula is C22H24ClFN4OS. The molecule has 2 aromatic carbocycles. The number of hydrogen-bond acceptors (Lipinski definition) is 4. The largest absolute Gasteiger partial charge is 0.353 e. The van der Waals surface area contributed by atoms with E-state index in [1.807, 2.05) is 43.0 Å². The van der Waals surface area contributed by atoms with Crippen molar-refractivity contribution in [2.45, 2.75) is 49.3 Å². The highest BCUT2D eigenvalue weighted by atomic mass is 35.5. The van der Waals surface area contributed by atoms with E-state index in [1.165, 1.54) is 6.07 Å². The monoisotopic (exact) mass is 446 g/mol. The van der Waals surface area contributed by atoms with Gasteiger partial charge < -0.3 is 10.3 Å². The van der Waals surface area contributed by atoms with Gasteiger partial charge in [0, 0.05) is 35.0 Å². The predicted octanol–water partition coefficient (Wildman–Crippen LogP) is 4.62. The fourth-order valence-corrected chi connectivity index (χ4v) is 5.21. The maximum atomic E-state index is 14.4. The Bertz CT molecular complexity index is 1000. The Kier molecular flexibility index (Phi) is 6.32. The van der Waals surface area contributed by atoms with Gasteiger partial charge in [0.15, 0.2) is 5.16 Å². The summed E-state index contributed by atoms with van der Waals surface area (Å²) in [7, 11) is 0. The van der Waals surface area contributed by atoms with Crippen molar-refractivity contribution in [1.82, 2.24) is 20.2 Å². The molecule has 1 aromatic heterocycles. The first kappa shape index (κ1) is 21.2. The number of nitrogens with one attached hydrogen (secondary N) is 2. The number of aromatic nitrogens is 2. The molecule has 0 radical (unpaired) electrons. The fourth-order valence-electron chi connectivity index (χ4n) is 3.80. The van der Waals surface area contributed by atoms with E-state index in [2.05, 4.69) is 15.3 Å². The number of H-pyrrole nitrogens is 1. The van der Waals surface area contributed by atoms with E-state index in [0.717, 1.165) is 16.2 Å². The highest BCUT2D eigenvalue weighted by Gasteiger charge is 2.38. The van der Waals surface area contributed by atoms with Gasteiger partial charge in [-0.15, -0.1) is 0 Å². The summed E-state index contributed by atoms with van der Waals surface area (Å²) in [6.07, 6.45) is 0.659. The summed E-state index contributed by atoms with van der Waals surface area (Å²) < 4.78 is 14.4. The van der Waals surface area contributed by atoms with Crippen LogP contribution in [-0.4, -0.2) is 44.7 Å². The number of hydrogen-bond donors (Lipinski definition) is 2. The average molecular weight is 447 g/mol. The van der Waals surface area contributed by atoms with Crippen LogP contribution in [-0.2, 0) is 11.3 Å². The average Bonchev–Trinajstić information content (AvgIpc) is 3.27. The van der Waals surface area contributed by atoms with E-state index < -0.39 is 0 Å². The van der Waals surface area contributed by atoms with Gasteiger partial charge in [-0.25, -0.2) is 9.37 Å². The maximum absolute atomic E-state index is 14.4. The first-order chi connectivity index (χ1) is 14.4. The van der Waals surface area contributed by atoms with Crippen molar-refractivity contribution in [3.8, 4) is 0 Å². The molecule has 8 heteroatoms. The van der Waals surface area contributed by atoms with E-state index in [1.54, 1.807) is 23.9 Å². The number of thioether (sulfide) groups is 1. The number of aromatic amines is 1. The van der Waals surface area contributed by atoms with Gasteiger partial charge in [0.1, 0.15) is 5.82 Å². The molecule has 0 unspecified atom stereocenters. The van der Waals surface area contributed by atoms with Gasteiger partial charge in [-0.1, -0.05) is 41.6 Å². The standard InChI is InChI=1S/C22H24ClFN4OS/c1-13(2)25-21(29)20-10-14(30-22-26-18-8-3-4-9-19(18)27-22)11-28(20)12-15-16(23)6-5-7-17(15)24/h3-9,13-14,20H,10-12H2,1-2H3,(H,25,29)(H,26,27)/t14-,20-/m0/s1. The Labute approximate surface area is 184 Å². The summed E-state index contributed by atoms with van der Waals surface area (Å²) in [6, 6.07) is 12.3. The summed E-state index contributed by atoms with van der Waals surface area (Å²) in [4.78, 5) is 22.8. The van der Waals surface area contributed by atoms with Gasteiger partial charge in [0.05, 0.1) is 17.1 Å². The van der Waals surface area contributed by atoms with Gasteiger partial charge in [-0.05, 0) is 44.5 Å². The molecule has 158 valence electrons. The lowest BCUT2D eigenvalue weighted by Crippen LogP contribution is -2.45. The number of nitrogens with zero attached hydrogens (tertiary/aromatic N) is 2. The number of carbonyl (C=O) groups excluding carboxylic acids is 1. The maximum Gasteiger partial charge on any atom is 0.237 e. The Balaban J connectivity index is 1.54. The second-order valence-electron chi connectivity index (χ2n) is 7.84. The zero-order chi connectivity index (χ0) is 21.3. The molecule has 2 N–H and O–H groups in total. The van der Waals surface area contributed by atoms with Crippen LogP contribution in [0.2, 0.25) is 5.02 Å². The number of benzene rings is 2. The van der Waals surface area contributed by atoms with Gasteiger partial charge in [-0.3, -0.25) is 9.69 Å². The van der Waals surface area contributed by atoms with Crippen molar-refractivity contribution < 1.29 is 9.18 Å². The molecule has 2 heterocycles. The summed E-state index contributed by atoms with van der Waals surface area (Å²) in [5.41, 5.74) is 2.33. The number of likely N-dealkylation sites (tertiary alicyclic amines) is 1. The van der Waals surface area contributed by atoms with Crippen LogP contribution in [0.4, 0.5) is 4.39 Å². The quantitative estimate of drug-likeness (QED) is 0.580. The molecule has 5 nitrogen and oxygen atoms in total. The minimum absolute atomic E-state index is 0.0369. The van der Waals surface area contributed by atoms with Crippen molar-refractivity contribution in [3.63, 3.8) is 0 Å². The number of carbonyl (C=O) groups is 1. The smallest absolute Gasteiger partial charge is 0.237 e. The molecule has 1 saturated heterocycles.